The monoisotopic (exact) mass is 387 g/mol. The Kier molecular flexibility index (Phi) is 6.68. The van der Waals surface area contributed by atoms with Gasteiger partial charge in [-0.1, -0.05) is 12.1 Å². The molecule has 0 saturated carbocycles. The van der Waals surface area contributed by atoms with Crippen LogP contribution in [0.1, 0.15) is 46.3 Å². The van der Waals surface area contributed by atoms with Gasteiger partial charge in [0.2, 0.25) is 0 Å². The smallest absolute Gasteiger partial charge is 0.251 e. The molecule has 1 aromatic heterocycles. The number of aryl methyl sites for hydroxylation is 2. The number of hydrogen-bond donors (Lipinski definition) is 3. The summed E-state index contributed by atoms with van der Waals surface area (Å²) in [5.74, 6) is 0.0318. The van der Waals surface area contributed by atoms with Crippen molar-refractivity contribution in [2.45, 2.75) is 39.8 Å². The summed E-state index contributed by atoms with van der Waals surface area (Å²) in [6, 6.07) is 10.7. The van der Waals surface area contributed by atoms with E-state index < -0.39 is 0 Å². The molecule has 2 aromatic rings. The number of carbonyl (C=O) groups excluding carboxylic acids is 1. The fourth-order valence-electron chi connectivity index (χ4n) is 4.11. The van der Waals surface area contributed by atoms with Gasteiger partial charge in [-0.3, -0.25) is 4.79 Å². The standard InChI is InChI=1S/C22H31N3OS/c1-5-24-10-12-25(13-11-24)21(20-7-6-14-27-20)18(4)23-22(26)19-9-8-16(2)17(3)15-19/h6-9,14-15,18,21H,5,10-13H2,1-4H3,(H,23,26)/p+2/t18-,21-/m0/s1. The number of piperazine rings is 1. The minimum absolute atomic E-state index is 0.0318. The van der Waals surface area contributed by atoms with Gasteiger partial charge in [0.1, 0.15) is 32.2 Å². The van der Waals surface area contributed by atoms with Gasteiger partial charge in [-0.05, 0) is 62.4 Å². The zero-order valence-electron chi connectivity index (χ0n) is 17.0. The maximum absolute atomic E-state index is 12.9. The Hall–Kier alpha value is -1.69. The van der Waals surface area contributed by atoms with E-state index in [9.17, 15) is 4.79 Å². The van der Waals surface area contributed by atoms with Crippen molar-refractivity contribution >= 4 is 17.2 Å². The first-order valence-corrected chi connectivity index (χ1v) is 11.0. The molecular formula is C22H33N3OS+2. The van der Waals surface area contributed by atoms with Crippen LogP contribution >= 0.6 is 11.3 Å². The molecule has 5 heteroatoms. The van der Waals surface area contributed by atoms with Crippen molar-refractivity contribution in [3.63, 3.8) is 0 Å². The summed E-state index contributed by atoms with van der Waals surface area (Å²) in [5, 5.41) is 5.44. The second kappa shape index (κ2) is 9.00. The summed E-state index contributed by atoms with van der Waals surface area (Å²) < 4.78 is 0. The van der Waals surface area contributed by atoms with Gasteiger partial charge in [0.05, 0.1) is 17.5 Å². The van der Waals surface area contributed by atoms with Crippen molar-refractivity contribution in [1.29, 1.82) is 0 Å². The topological polar surface area (TPSA) is 38.0 Å². The molecule has 4 nitrogen and oxygen atoms in total. The summed E-state index contributed by atoms with van der Waals surface area (Å²) in [4.78, 5) is 17.5. The van der Waals surface area contributed by atoms with Gasteiger partial charge >= 0.3 is 0 Å². The largest absolute Gasteiger partial charge is 0.343 e. The highest BCUT2D eigenvalue weighted by Gasteiger charge is 2.35. The average Bonchev–Trinajstić information content (AvgIpc) is 3.18. The number of hydrogen-bond acceptors (Lipinski definition) is 2. The summed E-state index contributed by atoms with van der Waals surface area (Å²) >= 11 is 1.81. The lowest BCUT2D eigenvalue weighted by Gasteiger charge is -2.36. The quantitative estimate of drug-likeness (QED) is 0.681. The van der Waals surface area contributed by atoms with E-state index in [0.717, 1.165) is 24.2 Å². The van der Waals surface area contributed by atoms with Crippen molar-refractivity contribution in [3.8, 4) is 0 Å². The molecule has 0 unspecified atom stereocenters. The lowest BCUT2D eigenvalue weighted by Crippen LogP contribution is -3.28. The lowest BCUT2D eigenvalue weighted by molar-refractivity contribution is -1.03. The van der Waals surface area contributed by atoms with Crippen LogP contribution in [0.2, 0.25) is 0 Å². The molecule has 0 aliphatic carbocycles. The number of likely N-dealkylation sites (N-methyl/N-ethyl adjacent to an activating group) is 1. The molecule has 3 rings (SSSR count). The van der Waals surface area contributed by atoms with Gasteiger partial charge in [0.25, 0.3) is 5.91 Å². The highest BCUT2D eigenvalue weighted by molar-refractivity contribution is 7.10. The Balaban J connectivity index is 1.74. The molecule has 1 aliphatic rings. The minimum Gasteiger partial charge on any atom is -0.343 e. The maximum Gasteiger partial charge on any atom is 0.251 e. The molecule has 1 saturated heterocycles. The van der Waals surface area contributed by atoms with Crippen molar-refractivity contribution in [1.82, 2.24) is 5.32 Å². The van der Waals surface area contributed by atoms with Crippen molar-refractivity contribution in [3.05, 3.63) is 57.3 Å². The molecule has 27 heavy (non-hydrogen) atoms. The van der Waals surface area contributed by atoms with E-state index in [0.29, 0.717) is 6.04 Å². The third kappa shape index (κ3) is 4.78. The maximum atomic E-state index is 12.9. The second-order valence-corrected chi connectivity index (χ2v) is 8.80. The Bertz CT molecular complexity index is 751. The predicted molar refractivity (Wildman–Crippen MR) is 112 cm³/mol. The molecule has 1 amide bonds. The number of thiophene rings is 1. The number of rotatable bonds is 6. The van der Waals surface area contributed by atoms with E-state index in [2.05, 4.69) is 50.5 Å². The Morgan fingerprint density at radius 2 is 1.89 bits per heavy atom. The number of nitrogens with one attached hydrogen (secondary N) is 3. The van der Waals surface area contributed by atoms with Crippen molar-refractivity contribution in [2.75, 3.05) is 32.7 Å². The summed E-state index contributed by atoms with van der Waals surface area (Å²) in [6.45, 7) is 14.5. The average molecular weight is 388 g/mol. The Morgan fingerprint density at radius 1 is 1.15 bits per heavy atom. The first-order chi connectivity index (χ1) is 13.0. The molecular weight excluding hydrogens is 354 g/mol. The molecule has 1 fully saturated rings. The zero-order valence-corrected chi connectivity index (χ0v) is 17.8. The molecule has 2 atom stereocenters. The number of carbonyl (C=O) groups is 1. The van der Waals surface area contributed by atoms with E-state index in [1.807, 2.05) is 29.5 Å². The van der Waals surface area contributed by atoms with Gasteiger partial charge in [-0.2, -0.15) is 0 Å². The summed E-state index contributed by atoms with van der Waals surface area (Å²) in [7, 11) is 0. The normalized spacial score (nSPS) is 22.2. The summed E-state index contributed by atoms with van der Waals surface area (Å²) in [5.41, 5.74) is 3.14. The van der Waals surface area contributed by atoms with Crippen LogP contribution in [0.15, 0.2) is 35.7 Å². The molecule has 146 valence electrons. The van der Waals surface area contributed by atoms with E-state index in [4.69, 9.17) is 0 Å². The molecule has 0 spiro atoms. The fraction of sp³-hybridized carbons (Fsp3) is 0.500. The van der Waals surface area contributed by atoms with Crippen LogP contribution in [0, 0.1) is 13.8 Å². The number of benzene rings is 1. The van der Waals surface area contributed by atoms with Crippen LogP contribution in [-0.4, -0.2) is 44.7 Å². The third-order valence-electron chi connectivity index (χ3n) is 6.02. The summed E-state index contributed by atoms with van der Waals surface area (Å²) in [6.07, 6.45) is 0. The Morgan fingerprint density at radius 3 is 2.48 bits per heavy atom. The van der Waals surface area contributed by atoms with Gasteiger partial charge in [-0.15, -0.1) is 11.3 Å². The van der Waals surface area contributed by atoms with Crippen LogP contribution < -0.4 is 15.1 Å². The van der Waals surface area contributed by atoms with E-state index in [-0.39, 0.29) is 11.9 Å². The SMILES string of the molecule is CC[NH+]1CC[NH+]([C@H](c2cccs2)[C@H](C)NC(=O)c2ccc(C)c(C)c2)CC1. The first kappa shape index (κ1) is 20.1. The van der Waals surface area contributed by atoms with Crippen LogP contribution in [0.25, 0.3) is 0 Å². The van der Waals surface area contributed by atoms with E-state index in [1.165, 1.54) is 30.1 Å². The fourth-order valence-corrected chi connectivity index (χ4v) is 5.10. The highest BCUT2D eigenvalue weighted by Crippen LogP contribution is 2.20. The van der Waals surface area contributed by atoms with Crippen LogP contribution in [0.5, 0.6) is 0 Å². The second-order valence-electron chi connectivity index (χ2n) is 7.82. The van der Waals surface area contributed by atoms with Crippen molar-refractivity contribution < 1.29 is 14.6 Å². The highest BCUT2D eigenvalue weighted by atomic mass is 32.1. The van der Waals surface area contributed by atoms with Gasteiger partial charge in [0.15, 0.2) is 0 Å². The zero-order chi connectivity index (χ0) is 19.4. The number of amides is 1. The van der Waals surface area contributed by atoms with Gasteiger partial charge in [0, 0.05) is 5.56 Å². The molecule has 0 bridgehead atoms. The van der Waals surface area contributed by atoms with Gasteiger partial charge in [-0.25, -0.2) is 0 Å². The third-order valence-corrected chi connectivity index (χ3v) is 6.97. The number of quaternary nitrogens is 2. The molecule has 1 aliphatic heterocycles. The molecule has 1 aromatic carbocycles. The predicted octanol–water partition coefficient (Wildman–Crippen LogP) is 1.03. The Labute approximate surface area is 167 Å². The molecule has 2 heterocycles. The van der Waals surface area contributed by atoms with Crippen LogP contribution in [-0.2, 0) is 0 Å². The minimum atomic E-state index is 0.0318. The van der Waals surface area contributed by atoms with E-state index in [1.54, 1.807) is 9.80 Å². The molecule has 3 N–H and O–H groups in total. The van der Waals surface area contributed by atoms with E-state index >= 15 is 0 Å². The lowest BCUT2D eigenvalue weighted by atomic mass is 10.0. The van der Waals surface area contributed by atoms with Crippen molar-refractivity contribution in [2.24, 2.45) is 0 Å². The van der Waals surface area contributed by atoms with Crippen LogP contribution in [0.3, 0.4) is 0 Å². The van der Waals surface area contributed by atoms with Crippen LogP contribution in [0.4, 0.5) is 0 Å². The van der Waals surface area contributed by atoms with Gasteiger partial charge < -0.3 is 15.1 Å². The molecule has 0 radical (unpaired) electrons. The first-order valence-electron chi connectivity index (χ1n) is 10.1.